The van der Waals surface area contributed by atoms with Gasteiger partial charge in [-0.15, -0.1) is 0 Å². The summed E-state index contributed by atoms with van der Waals surface area (Å²) in [6, 6.07) is 11.5. The first kappa shape index (κ1) is 15.7. The number of rotatable bonds is 5. The zero-order valence-electron chi connectivity index (χ0n) is 12.5. The number of anilines is 1. The van der Waals surface area contributed by atoms with E-state index < -0.39 is 0 Å². The second kappa shape index (κ2) is 6.85. The Labute approximate surface area is 134 Å². The Kier molecular flexibility index (Phi) is 5.12. The molecule has 0 radical (unpaired) electrons. The summed E-state index contributed by atoms with van der Waals surface area (Å²) in [6.45, 7) is 4.11. The number of ether oxygens (including phenoxy) is 1. The number of phenols is 1. The van der Waals surface area contributed by atoms with E-state index in [1.54, 1.807) is 13.2 Å². The molecule has 2 aromatic carbocycles. The molecule has 1 unspecified atom stereocenters. The smallest absolute Gasteiger partial charge is 0.121 e. The van der Waals surface area contributed by atoms with Crippen molar-refractivity contribution in [3.8, 4) is 11.5 Å². The van der Waals surface area contributed by atoms with E-state index in [0.29, 0.717) is 5.75 Å². The molecule has 4 heteroatoms. The van der Waals surface area contributed by atoms with Crippen molar-refractivity contribution >= 4 is 21.6 Å². The minimum atomic E-state index is 0.0512. The van der Waals surface area contributed by atoms with Crippen LogP contribution in [0.15, 0.2) is 40.9 Å². The van der Waals surface area contributed by atoms with Crippen molar-refractivity contribution in [3.05, 3.63) is 52.0 Å². The van der Waals surface area contributed by atoms with Crippen molar-refractivity contribution in [1.29, 1.82) is 0 Å². The molecule has 3 nitrogen and oxygen atoms in total. The summed E-state index contributed by atoms with van der Waals surface area (Å²) in [5.41, 5.74) is 2.98. The zero-order valence-corrected chi connectivity index (χ0v) is 14.1. The van der Waals surface area contributed by atoms with Gasteiger partial charge in [0.1, 0.15) is 11.5 Å². The highest BCUT2D eigenvalue weighted by Gasteiger charge is 2.14. The highest BCUT2D eigenvalue weighted by Crippen LogP contribution is 2.32. The predicted molar refractivity (Wildman–Crippen MR) is 90.2 cm³/mol. The molecule has 0 aliphatic carbocycles. The fourth-order valence-electron chi connectivity index (χ4n) is 2.37. The maximum Gasteiger partial charge on any atom is 0.121 e. The predicted octanol–water partition coefficient (Wildman–Crippen LogP) is 5.03. The van der Waals surface area contributed by atoms with Crippen LogP contribution in [0.2, 0.25) is 0 Å². The number of hydrogen-bond acceptors (Lipinski definition) is 3. The monoisotopic (exact) mass is 349 g/mol. The van der Waals surface area contributed by atoms with Crippen LogP contribution in [-0.4, -0.2) is 12.2 Å². The van der Waals surface area contributed by atoms with Gasteiger partial charge in [-0.05, 0) is 55.3 Å². The third kappa shape index (κ3) is 3.70. The molecule has 0 fully saturated rings. The Balaban J connectivity index is 2.26. The molecule has 0 aromatic heterocycles. The second-order valence-electron chi connectivity index (χ2n) is 4.99. The number of aryl methyl sites for hydroxylation is 1. The average molecular weight is 350 g/mol. The van der Waals surface area contributed by atoms with Crippen LogP contribution >= 0.6 is 15.9 Å². The SMILES string of the molecule is CCC(Nc1ccc(OC)c(C)c1)c1cc(Br)ccc1O. The van der Waals surface area contributed by atoms with Crippen LogP contribution in [0, 0.1) is 6.92 Å². The maximum absolute atomic E-state index is 10.1. The van der Waals surface area contributed by atoms with Gasteiger partial charge in [0.05, 0.1) is 13.2 Å². The van der Waals surface area contributed by atoms with Crippen molar-refractivity contribution in [2.45, 2.75) is 26.3 Å². The molecule has 112 valence electrons. The zero-order chi connectivity index (χ0) is 15.4. The summed E-state index contributed by atoms with van der Waals surface area (Å²) in [5.74, 6) is 1.18. The molecule has 0 bridgehead atoms. The molecule has 0 heterocycles. The highest BCUT2D eigenvalue weighted by atomic mass is 79.9. The minimum absolute atomic E-state index is 0.0512. The Bertz CT molecular complexity index is 628. The second-order valence-corrected chi connectivity index (χ2v) is 5.91. The number of aromatic hydroxyl groups is 1. The molecular formula is C17H20BrNO2. The van der Waals surface area contributed by atoms with Crippen molar-refractivity contribution in [2.24, 2.45) is 0 Å². The van der Waals surface area contributed by atoms with Gasteiger partial charge in [0.2, 0.25) is 0 Å². The van der Waals surface area contributed by atoms with E-state index in [2.05, 4.69) is 34.2 Å². The quantitative estimate of drug-likeness (QED) is 0.794. The Morgan fingerprint density at radius 2 is 2.00 bits per heavy atom. The molecule has 0 spiro atoms. The normalized spacial score (nSPS) is 12.0. The molecule has 0 amide bonds. The molecule has 21 heavy (non-hydrogen) atoms. The van der Waals surface area contributed by atoms with Crippen LogP contribution in [0.25, 0.3) is 0 Å². The minimum Gasteiger partial charge on any atom is -0.508 e. The highest BCUT2D eigenvalue weighted by molar-refractivity contribution is 9.10. The summed E-state index contributed by atoms with van der Waals surface area (Å²) in [7, 11) is 1.67. The lowest BCUT2D eigenvalue weighted by molar-refractivity contribution is 0.411. The van der Waals surface area contributed by atoms with Crippen LogP contribution in [-0.2, 0) is 0 Å². The van der Waals surface area contributed by atoms with Gasteiger partial charge in [-0.2, -0.15) is 0 Å². The first-order valence-electron chi connectivity index (χ1n) is 6.94. The van der Waals surface area contributed by atoms with E-state index in [9.17, 15) is 5.11 Å². The number of halogens is 1. The van der Waals surface area contributed by atoms with Crippen molar-refractivity contribution < 1.29 is 9.84 Å². The lowest BCUT2D eigenvalue weighted by atomic mass is 10.0. The molecule has 2 rings (SSSR count). The summed E-state index contributed by atoms with van der Waals surface area (Å²) >= 11 is 3.45. The van der Waals surface area contributed by atoms with E-state index >= 15 is 0 Å². The molecular weight excluding hydrogens is 330 g/mol. The number of phenolic OH excluding ortho intramolecular Hbond substituents is 1. The number of benzene rings is 2. The van der Waals surface area contributed by atoms with E-state index in [0.717, 1.165) is 33.5 Å². The average Bonchev–Trinajstić information content (AvgIpc) is 2.47. The Morgan fingerprint density at radius 1 is 1.24 bits per heavy atom. The van der Waals surface area contributed by atoms with Crippen LogP contribution in [0.4, 0.5) is 5.69 Å². The molecule has 0 aliphatic rings. The van der Waals surface area contributed by atoms with Gasteiger partial charge in [0.25, 0.3) is 0 Å². The first-order chi connectivity index (χ1) is 10.0. The van der Waals surface area contributed by atoms with Gasteiger partial charge in [0, 0.05) is 15.7 Å². The van der Waals surface area contributed by atoms with Gasteiger partial charge in [0.15, 0.2) is 0 Å². The summed E-state index contributed by atoms with van der Waals surface area (Å²) in [4.78, 5) is 0. The maximum atomic E-state index is 10.1. The van der Waals surface area contributed by atoms with Crippen molar-refractivity contribution in [1.82, 2.24) is 0 Å². The number of hydrogen-bond donors (Lipinski definition) is 2. The summed E-state index contributed by atoms with van der Waals surface area (Å²) in [5, 5.41) is 13.5. The van der Waals surface area contributed by atoms with Gasteiger partial charge >= 0.3 is 0 Å². The molecule has 0 saturated heterocycles. The number of methoxy groups -OCH3 is 1. The molecule has 0 saturated carbocycles. The van der Waals surface area contributed by atoms with E-state index in [4.69, 9.17) is 4.74 Å². The lowest BCUT2D eigenvalue weighted by Crippen LogP contribution is -2.10. The summed E-state index contributed by atoms with van der Waals surface area (Å²) < 4.78 is 6.24. The van der Waals surface area contributed by atoms with Crippen LogP contribution < -0.4 is 10.1 Å². The third-order valence-corrected chi connectivity index (χ3v) is 4.00. The van der Waals surface area contributed by atoms with Crippen molar-refractivity contribution in [2.75, 3.05) is 12.4 Å². The van der Waals surface area contributed by atoms with Crippen LogP contribution in [0.5, 0.6) is 11.5 Å². The van der Waals surface area contributed by atoms with Crippen molar-refractivity contribution in [3.63, 3.8) is 0 Å². The van der Waals surface area contributed by atoms with Crippen LogP contribution in [0.1, 0.15) is 30.5 Å². The van der Waals surface area contributed by atoms with Crippen LogP contribution in [0.3, 0.4) is 0 Å². The van der Waals surface area contributed by atoms with E-state index in [1.807, 2.05) is 31.2 Å². The Morgan fingerprint density at radius 3 is 2.62 bits per heavy atom. The lowest BCUT2D eigenvalue weighted by Gasteiger charge is -2.21. The van der Waals surface area contributed by atoms with Gasteiger partial charge in [-0.1, -0.05) is 22.9 Å². The van der Waals surface area contributed by atoms with E-state index in [-0.39, 0.29) is 6.04 Å². The number of nitrogens with one attached hydrogen (secondary N) is 1. The summed E-state index contributed by atoms with van der Waals surface area (Å²) in [6.07, 6.45) is 0.870. The Hall–Kier alpha value is -1.68. The largest absolute Gasteiger partial charge is 0.508 e. The fourth-order valence-corrected chi connectivity index (χ4v) is 2.75. The molecule has 0 aliphatic heterocycles. The molecule has 1 atom stereocenters. The van der Waals surface area contributed by atoms with E-state index in [1.165, 1.54) is 0 Å². The standard InChI is InChI=1S/C17H20BrNO2/c1-4-15(14-10-12(18)5-7-16(14)20)19-13-6-8-17(21-3)11(2)9-13/h5-10,15,19-20H,4H2,1-3H3. The van der Waals surface area contributed by atoms with Gasteiger partial charge in [-0.3, -0.25) is 0 Å². The molecule has 2 N–H and O–H groups in total. The third-order valence-electron chi connectivity index (χ3n) is 3.51. The molecule has 2 aromatic rings. The van der Waals surface area contributed by atoms with Gasteiger partial charge in [-0.25, -0.2) is 0 Å². The first-order valence-corrected chi connectivity index (χ1v) is 7.74. The fraction of sp³-hybridized carbons (Fsp3) is 0.294. The topological polar surface area (TPSA) is 41.5 Å². The van der Waals surface area contributed by atoms with Gasteiger partial charge < -0.3 is 15.2 Å².